The zero-order valence-electron chi connectivity index (χ0n) is 14.1. The standard InChI is InChI=1S/C19H18FN3O3/c20-16-11-21-7-6-15(16)17(24)22-8-9-23-18(25)26-13-19(23,12-22)10-14-4-2-1-3-5-14/h1-7,11H,8-10,12-13H2. The molecule has 3 heterocycles. The number of carbonyl (C=O) groups excluding carboxylic acids is 2. The SMILES string of the molecule is O=C(c1ccncc1F)N1CCN2C(=O)OCC2(Cc2ccccc2)C1. The molecule has 7 heteroatoms. The van der Waals surface area contributed by atoms with Crippen LogP contribution in [0, 0.1) is 5.82 Å². The fraction of sp³-hybridized carbons (Fsp3) is 0.316. The number of aromatic nitrogens is 1. The van der Waals surface area contributed by atoms with Gasteiger partial charge in [0.25, 0.3) is 5.91 Å². The van der Waals surface area contributed by atoms with E-state index in [1.165, 1.54) is 12.3 Å². The van der Waals surface area contributed by atoms with E-state index < -0.39 is 17.3 Å². The molecule has 134 valence electrons. The summed E-state index contributed by atoms with van der Waals surface area (Å²) in [6, 6.07) is 11.2. The maximum atomic E-state index is 14.0. The molecule has 1 aromatic heterocycles. The average molecular weight is 355 g/mol. The molecular formula is C19H18FN3O3. The molecule has 6 nitrogen and oxygen atoms in total. The van der Waals surface area contributed by atoms with Gasteiger partial charge in [0.2, 0.25) is 0 Å². The number of amides is 2. The smallest absolute Gasteiger partial charge is 0.410 e. The van der Waals surface area contributed by atoms with E-state index in [0.717, 1.165) is 11.8 Å². The van der Waals surface area contributed by atoms with Crippen LogP contribution in [0.15, 0.2) is 48.8 Å². The van der Waals surface area contributed by atoms with Gasteiger partial charge in [-0.25, -0.2) is 9.18 Å². The summed E-state index contributed by atoms with van der Waals surface area (Å²) in [4.78, 5) is 31.9. The van der Waals surface area contributed by atoms with E-state index in [2.05, 4.69) is 4.98 Å². The Balaban J connectivity index is 1.62. The monoisotopic (exact) mass is 355 g/mol. The van der Waals surface area contributed by atoms with Crippen LogP contribution in [-0.2, 0) is 11.2 Å². The van der Waals surface area contributed by atoms with Gasteiger partial charge in [-0.05, 0) is 11.6 Å². The van der Waals surface area contributed by atoms with Crippen molar-refractivity contribution in [3.63, 3.8) is 0 Å². The third kappa shape index (κ3) is 2.79. The molecule has 0 radical (unpaired) electrons. The van der Waals surface area contributed by atoms with Crippen LogP contribution in [-0.4, -0.2) is 58.6 Å². The number of rotatable bonds is 3. The molecule has 2 saturated heterocycles. The Bertz CT molecular complexity index is 845. The van der Waals surface area contributed by atoms with Gasteiger partial charge in [-0.1, -0.05) is 30.3 Å². The first-order valence-electron chi connectivity index (χ1n) is 8.46. The molecule has 1 aromatic carbocycles. The Labute approximate surface area is 150 Å². The van der Waals surface area contributed by atoms with E-state index in [1.54, 1.807) is 9.80 Å². The first-order valence-corrected chi connectivity index (χ1v) is 8.46. The van der Waals surface area contributed by atoms with E-state index in [-0.39, 0.29) is 18.3 Å². The van der Waals surface area contributed by atoms with E-state index >= 15 is 0 Å². The van der Waals surface area contributed by atoms with Crippen molar-refractivity contribution in [2.45, 2.75) is 12.0 Å². The Morgan fingerprint density at radius 3 is 2.81 bits per heavy atom. The Hall–Kier alpha value is -2.96. The predicted octanol–water partition coefficient (Wildman–Crippen LogP) is 2.11. The summed E-state index contributed by atoms with van der Waals surface area (Å²) in [5.74, 6) is -1.04. The number of carbonyl (C=O) groups is 2. The molecule has 0 bridgehead atoms. The Morgan fingerprint density at radius 1 is 1.23 bits per heavy atom. The zero-order valence-corrected chi connectivity index (χ0v) is 14.1. The number of hydrogen-bond donors (Lipinski definition) is 0. The van der Waals surface area contributed by atoms with Crippen LogP contribution in [0.4, 0.5) is 9.18 Å². The lowest BCUT2D eigenvalue weighted by Crippen LogP contribution is -2.63. The van der Waals surface area contributed by atoms with Crippen molar-refractivity contribution in [3.05, 3.63) is 65.7 Å². The quantitative estimate of drug-likeness (QED) is 0.846. The predicted molar refractivity (Wildman–Crippen MR) is 91.0 cm³/mol. The Morgan fingerprint density at radius 2 is 2.04 bits per heavy atom. The fourth-order valence-electron chi connectivity index (χ4n) is 3.73. The number of nitrogens with zero attached hydrogens (tertiary/aromatic N) is 3. The molecule has 2 fully saturated rings. The fourth-order valence-corrected chi connectivity index (χ4v) is 3.73. The molecule has 26 heavy (non-hydrogen) atoms. The topological polar surface area (TPSA) is 62.7 Å². The van der Waals surface area contributed by atoms with Gasteiger partial charge in [-0.3, -0.25) is 14.7 Å². The number of piperazine rings is 1. The van der Waals surface area contributed by atoms with Crippen molar-refractivity contribution in [3.8, 4) is 0 Å². The highest BCUT2D eigenvalue weighted by Gasteiger charge is 2.51. The molecule has 1 unspecified atom stereocenters. The average Bonchev–Trinajstić information content (AvgIpc) is 2.98. The third-order valence-electron chi connectivity index (χ3n) is 5.00. The summed E-state index contributed by atoms with van der Waals surface area (Å²) >= 11 is 0. The minimum absolute atomic E-state index is 0.00597. The first kappa shape index (κ1) is 16.5. The summed E-state index contributed by atoms with van der Waals surface area (Å²) in [6.07, 6.45) is 2.64. The minimum atomic E-state index is -0.643. The van der Waals surface area contributed by atoms with Crippen LogP contribution in [0.5, 0.6) is 0 Å². The van der Waals surface area contributed by atoms with Gasteiger partial charge < -0.3 is 9.64 Å². The molecular weight excluding hydrogens is 337 g/mol. The first-order chi connectivity index (χ1) is 12.6. The number of hydrogen-bond acceptors (Lipinski definition) is 4. The van der Waals surface area contributed by atoms with Gasteiger partial charge in [-0.15, -0.1) is 0 Å². The number of halogens is 1. The molecule has 2 aromatic rings. The van der Waals surface area contributed by atoms with Crippen LogP contribution in [0.2, 0.25) is 0 Å². The molecule has 1 atom stereocenters. The number of benzene rings is 1. The molecule has 0 saturated carbocycles. The highest BCUT2D eigenvalue weighted by atomic mass is 19.1. The number of cyclic esters (lactones) is 1. The number of ether oxygens (including phenoxy) is 1. The van der Waals surface area contributed by atoms with Crippen LogP contribution in [0.3, 0.4) is 0 Å². The lowest BCUT2D eigenvalue weighted by Gasteiger charge is -2.44. The van der Waals surface area contributed by atoms with Crippen molar-refractivity contribution >= 4 is 12.0 Å². The lowest BCUT2D eigenvalue weighted by atomic mass is 9.88. The van der Waals surface area contributed by atoms with Gasteiger partial charge in [0, 0.05) is 32.3 Å². The van der Waals surface area contributed by atoms with Gasteiger partial charge in [0.15, 0.2) is 5.82 Å². The second-order valence-corrected chi connectivity index (χ2v) is 6.68. The van der Waals surface area contributed by atoms with Crippen LogP contribution >= 0.6 is 0 Å². The highest BCUT2D eigenvalue weighted by molar-refractivity contribution is 5.94. The maximum absolute atomic E-state index is 14.0. The minimum Gasteiger partial charge on any atom is -0.447 e. The zero-order chi connectivity index (χ0) is 18.1. The summed E-state index contributed by atoms with van der Waals surface area (Å²) in [5, 5.41) is 0. The van der Waals surface area contributed by atoms with Crippen molar-refractivity contribution in [1.82, 2.24) is 14.8 Å². The molecule has 4 rings (SSSR count). The van der Waals surface area contributed by atoms with Gasteiger partial charge in [0.05, 0.1) is 11.8 Å². The molecule has 0 spiro atoms. The summed E-state index contributed by atoms with van der Waals surface area (Å²) < 4.78 is 19.3. The van der Waals surface area contributed by atoms with Crippen LogP contribution < -0.4 is 0 Å². The lowest BCUT2D eigenvalue weighted by molar-refractivity contribution is 0.0372. The highest BCUT2D eigenvalue weighted by Crippen LogP contribution is 2.33. The summed E-state index contributed by atoms with van der Waals surface area (Å²) in [5.41, 5.74) is 0.421. The third-order valence-corrected chi connectivity index (χ3v) is 5.00. The van der Waals surface area contributed by atoms with E-state index in [0.29, 0.717) is 26.1 Å². The van der Waals surface area contributed by atoms with E-state index in [9.17, 15) is 14.0 Å². The Kier molecular flexibility index (Phi) is 4.06. The molecule has 2 aliphatic rings. The van der Waals surface area contributed by atoms with Crippen molar-refractivity contribution < 1.29 is 18.7 Å². The second-order valence-electron chi connectivity index (χ2n) is 6.68. The molecule has 2 amide bonds. The molecule has 0 aliphatic carbocycles. The van der Waals surface area contributed by atoms with E-state index in [4.69, 9.17) is 4.74 Å². The van der Waals surface area contributed by atoms with Crippen molar-refractivity contribution in [2.75, 3.05) is 26.2 Å². The van der Waals surface area contributed by atoms with Gasteiger partial charge >= 0.3 is 6.09 Å². The number of pyridine rings is 1. The molecule has 2 aliphatic heterocycles. The van der Waals surface area contributed by atoms with Gasteiger partial charge in [-0.2, -0.15) is 0 Å². The number of fused-ring (bicyclic) bond motifs is 1. The van der Waals surface area contributed by atoms with Crippen LogP contribution in [0.1, 0.15) is 15.9 Å². The van der Waals surface area contributed by atoms with Crippen molar-refractivity contribution in [2.24, 2.45) is 0 Å². The second kappa shape index (κ2) is 6.40. The maximum Gasteiger partial charge on any atom is 0.410 e. The van der Waals surface area contributed by atoms with Gasteiger partial charge in [0.1, 0.15) is 12.1 Å². The largest absolute Gasteiger partial charge is 0.447 e. The van der Waals surface area contributed by atoms with E-state index in [1.807, 2.05) is 30.3 Å². The normalized spacial score (nSPS) is 22.1. The summed E-state index contributed by atoms with van der Waals surface area (Å²) in [7, 11) is 0. The van der Waals surface area contributed by atoms with Crippen molar-refractivity contribution in [1.29, 1.82) is 0 Å². The molecule has 0 N–H and O–H groups in total. The van der Waals surface area contributed by atoms with Crippen LogP contribution in [0.25, 0.3) is 0 Å². The summed E-state index contributed by atoms with van der Waals surface area (Å²) in [6.45, 7) is 1.22.